The lowest BCUT2D eigenvalue weighted by atomic mass is 9.97. The molecule has 0 fully saturated rings. The molecule has 1 rings (SSSR count). The van der Waals surface area contributed by atoms with E-state index in [0.717, 1.165) is 12.3 Å². The van der Waals surface area contributed by atoms with Crippen molar-refractivity contribution in [2.24, 2.45) is 13.0 Å². The summed E-state index contributed by atoms with van der Waals surface area (Å²) in [4.78, 5) is 0. The number of aryl methyl sites for hydroxylation is 1. The summed E-state index contributed by atoms with van der Waals surface area (Å²) in [6.07, 6.45) is 5.76. The monoisotopic (exact) mass is 251 g/mol. The van der Waals surface area contributed by atoms with Crippen LogP contribution in [0.2, 0.25) is 0 Å². The Labute approximate surface area is 112 Å². The Morgan fingerprint density at radius 2 is 1.89 bits per heavy atom. The Hall–Kier alpha value is -0.990. The zero-order valence-corrected chi connectivity index (χ0v) is 12.8. The largest absolute Gasteiger partial charge is 0.380 e. The average Bonchev–Trinajstić information content (AvgIpc) is 2.69. The number of anilines is 1. The Balaban J connectivity index is 2.75. The highest BCUT2D eigenvalue weighted by Crippen LogP contribution is 2.25. The topological polar surface area (TPSA) is 29.9 Å². The van der Waals surface area contributed by atoms with Crippen molar-refractivity contribution in [3.63, 3.8) is 0 Å². The lowest BCUT2D eigenvalue weighted by Gasteiger charge is -2.21. The van der Waals surface area contributed by atoms with Crippen LogP contribution in [-0.4, -0.2) is 15.8 Å². The number of aromatic nitrogens is 2. The van der Waals surface area contributed by atoms with Crippen LogP contribution in [0.5, 0.6) is 0 Å². The van der Waals surface area contributed by atoms with E-state index in [0.29, 0.717) is 12.0 Å². The van der Waals surface area contributed by atoms with E-state index in [9.17, 15) is 0 Å². The molecule has 0 aliphatic heterocycles. The van der Waals surface area contributed by atoms with Gasteiger partial charge in [-0.15, -0.1) is 0 Å². The number of hydrogen-bond donors (Lipinski definition) is 1. The molecule has 3 nitrogen and oxygen atoms in total. The van der Waals surface area contributed by atoms with E-state index in [1.54, 1.807) is 0 Å². The van der Waals surface area contributed by atoms with Crippen LogP contribution in [0.1, 0.15) is 65.5 Å². The predicted octanol–water partition coefficient (Wildman–Crippen LogP) is 4.17. The van der Waals surface area contributed by atoms with Gasteiger partial charge in [-0.05, 0) is 24.7 Å². The molecule has 0 amide bonds. The van der Waals surface area contributed by atoms with Gasteiger partial charge in [0.05, 0.1) is 11.4 Å². The van der Waals surface area contributed by atoms with Crippen molar-refractivity contribution >= 4 is 5.69 Å². The maximum Gasteiger partial charge on any atom is 0.0881 e. The third kappa shape index (κ3) is 4.04. The molecule has 3 heteroatoms. The van der Waals surface area contributed by atoms with Crippen LogP contribution in [0, 0.1) is 5.92 Å². The fourth-order valence-corrected chi connectivity index (χ4v) is 2.24. The molecule has 1 N–H and O–H groups in total. The Bertz CT molecular complexity index is 355. The van der Waals surface area contributed by atoms with Gasteiger partial charge in [-0.1, -0.05) is 41.0 Å². The summed E-state index contributed by atoms with van der Waals surface area (Å²) < 4.78 is 1.91. The van der Waals surface area contributed by atoms with Gasteiger partial charge in [-0.25, -0.2) is 0 Å². The first-order valence-corrected chi connectivity index (χ1v) is 7.27. The molecule has 104 valence electrons. The molecule has 0 radical (unpaired) electrons. The van der Waals surface area contributed by atoms with Crippen molar-refractivity contribution in [3.05, 3.63) is 11.9 Å². The van der Waals surface area contributed by atoms with E-state index in [4.69, 9.17) is 0 Å². The smallest absolute Gasteiger partial charge is 0.0881 e. The number of nitrogens with zero attached hydrogens (tertiary/aromatic N) is 2. The minimum absolute atomic E-state index is 0.467. The van der Waals surface area contributed by atoms with Crippen molar-refractivity contribution in [2.45, 2.75) is 65.8 Å². The lowest BCUT2D eigenvalue weighted by Crippen LogP contribution is -2.21. The van der Waals surface area contributed by atoms with Crippen LogP contribution < -0.4 is 5.32 Å². The van der Waals surface area contributed by atoms with Crippen molar-refractivity contribution in [1.82, 2.24) is 9.78 Å². The summed E-state index contributed by atoms with van der Waals surface area (Å²) in [5, 5.41) is 8.23. The first-order valence-electron chi connectivity index (χ1n) is 7.27. The summed E-state index contributed by atoms with van der Waals surface area (Å²) >= 11 is 0. The van der Waals surface area contributed by atoms with Gasteiger partial charge in [0.15, 0.2) is 0 Å². The number of hydrogen-bond acceptors (Lipinski definition) is 2. The zero-order valence-electron chi connectivity index (χ0n) is 12.8. The molecule has 18 heavy (non-hydrogen) atoms. The summed E-state index contributed by atoms with van der Waals surface area (Å²) in [5.74, 6) is 1.25. The molecule has 1 heterocycles. The second-order valence-corrected chi connectivity index (χ2v) is 5.76. The van der Waals surface area contributed by atoms with E-state index in [-0.39, 0.29) is 0 Å². The normalized spacial score (nSPS) is 14.8. The van der Waals surface area contributed by atoms with E-state index >= 15 is 0 Å². The van der Waals surface area contributed by atoms with E-state index < -0.39 is 0 Å². The molecule has 0 saturated carbocycles. The van der Waals surface area contributed by atoms with Crippen LogP contribution in [0.25, 0.3) is 0 Å². The van der Waals surface area contributed by atoms with E-state index in [1.165, 1.54) is 24.2 Å². The van der Waals surface area contributed by atoms with Crippen LogP contribution in [0.15, 0.2) is 6.20 Å². The van der Waals surface area contributed by atoms with Crippen molar-refractivity contribution in [2.75, 3.05) is 5.32 Å². The van der Waals surface area contributed by atoms with Gasteiger partial charge in [0.2, 0.25) is 0 Å². The highest BCUT2D eigenvalue weighted by atomic mass is 15.3. The summed E-state index contributed by atoms with van der Waals surface area (Å²) in [7, 11) is 1.99. The average molecular weight is 251 g/mol. The summed E-state index contributed by atoms with van der Waals surface area (Å²) in [6.45, 7) is 11.2. The van der Waals surface area contributed by atoms with Crippen molar-refractivity contribution in [1.29, 1.82) is 0 Å². The first kappa shape index (κ1) is 15.1. The highest BCUT2D eigenvalue weighted by molar-refractivity contribution is 5.48. The first-order chi connectivity index (χ1) is 8.47. The lowest BCUT2D eigenvalue weighted by molar-refractivity contribution is 0.461. The maximum absolute atomic E-state index is 4.55. The predicted molar refractivity (Wildman–Crippen MR) is 79.1 cm³/mol. The van der Waals surface area contributed by atoms with Gasteiger partial charge >= 0.3 is 0 Å². The third-order valence-electron chi connectivity index (χ3n) is 3.64. The van der Waals surface area contributed by atoms with Crippen molar-refractivity contribution < 1.29 is 0 Å². The van der Waals surface area contributed by atoms with Gasteiger partial charge < -0.3 is 5.32 Å². The van der Waals surface area contributed by atoms with E-state index in [1.807, 2.05) is 11.7 Å². The molecule has 0 aliphatic carbocycles. The molecule has 2 unspecified atom stereocenters. The zero-order chi connectivity index (χ0) is 13.7. The SMILES string of the molecule is CCC(C)CC(CC)Nc1cn(C)nc1C(C)C. The van der Waals surface area contributed by atoms with Crippen LogP contribution in [0.4, 0.5) is 5.69 Å². The van der Waals surface area contributed by atoms with Gasteiger partial charge in [0, 0.05) is 19.3 Å². The highest BCUT2D eigenvalue weighted by Gasteiger charge is 2.16. The maximum atomic E-state index is 4.55. The molecule has 0 bridgehead atoms. The summed E-state index contributed by atoms with van der Waals surface area (Å²) in [6, 6.07) is 0.557. The van der Waals surface area contributed by atoms with Gasteiger partial charge in [0.1, 0.15) is 0 Å². The van der Waals surface area contributed by atoms with Gasteiger partial charge in [-0.3, -0.25) is 4.68 Å². The molecule has 0 aromatic carbocycles. The third-order valence-corrected chi connectivity index (χ3v) is 3.64. The molecule has 0 aliphatic rings. The van der Waals surface area contributed by atoms with Crippen LogP contribution in [0.3, 0.4) is 0 Å². The molecule has 0 saturated heterocycles. The standard InChI is InChI=1S/C15H29N3/c1-7-12(5)9-13(8-2)16-14-10-18(6)17-15(14)11(3)4/h10-13,16H,7-9H2,1-6H3. The minimum atomic E-state index is 0.467. The molecule has 2 atom stereocenters. The van der Waals surface area contributed by atoms with E-state index in [2.05, 4.69) is 51.2 Å². The molecular weight excluding hydrogens is 222 g/mol. The van der Waals surface area contributed by atoms with Crippen LogP contribution >= 0.6 is 0 Å². The Morgan fingerprint density at radius 1 is 1.22 bits per heavy atom. The molecule has 1 aromatic heterocycles. The van der Waals surface area contributed by atoms with Crippen LogP contribution in [-0.2, 0) is 7.05 Å². The van der Waals surface area contributed by atoms with Crippen molar-refractivity contribution in [3.8, 4) is 0 Å². The molecule has 0 spiro atoms. The number of rotatable bonds is 7. The second-order valence-electron chi connectivity index (χ2n) is 5.76. The fourth-order valence-electron chi connectivity index (χ4n) is 2.24. The Kier molecular flexibility index (Phi) is 5.70. The molecule has 1 aromatic rings. The molecular formula is C15H29N3. The van der Waals surface area contributed by atoms with Gasteiger partial charge in [-0.2, -0.15) is 5.10 Å². The fraction of sp³-hybridized carbons (Fsp3) is 0.800. The minimum Gasteiger partial charge on any atom is -0.380 e. The second kappa shape index (κ2) is 6.81. The van der Waals surface area contributed by atoms with Gasteiger partial charge in [0.25, 0.3) is 0 Å². The quantitative estimate of drug-likeness (QED) is 0.788. The Morgan fingerprint density at radius 3 is 2.39 bits per heavy atom. The number of nitrogens with one attached hydrogen (secondary N) is 1. The summed E-state index contributed by atoms with van der Waals surface area (Å²) in [5.41, 5.74) is 2.39.